The zero-order valence-corrected chi connectivity index (χ0v) is 13.6. The summed E-state index contributed by atoms with van der Waals surface area (Å²) >= 11 is 3.43. The number of rotatable bonds is 4. The molecule has 0 aliphatic rings. The normalized spacial score (nSPS) is 11.5. The molecule has 0 spiro atoms. The lowest BCUT2D eigenvalue weighted by molar-refractivity contribution is 0.318. The predicted octanol–water partition coefficient (Wildman–Crippen LogP) is 3.49. The topological polar surface area (TPSA) is 61.8 Å². The van der Waals surface area contributed by atoms with Crippen LogP contribution in [0.5, 0.6) is 0 Å². The molecule has 0 saturated heterocycles. The second-order valence-corrected chi connectivity index (χ2v) is 5.90. The minimum atomic E-state index is 0.122. The van der Waals surface area contributed by atoms with E-state index in [1.165, 1.54) is 5.56 Å². The van der Waals surface area contributed by atoms with Crippen LogP contribution in [0.1, 0.15) is 16.7 Å². The monoisotopic (exact) mass is 347 g/mol. The van der Waals surface area contributed by atoms with Crippen LogP contribution < -0.4 is 10.6 Å². The van der Waals surface area contributed by atoms with Crippen LogP contribution in [-0.2, 0) is 6.54 Å². The summed E-state index contributed by atoms with van der Waals surface area (Å²) in [6.45, 7) is 2.72. The van der Waals surface area contributed by atoms with Crippen molar-refractivity contribution in [3.05, 3.63) is 63.6 Å². The molecule has 2 rings (SSSR count). The zero-order chi connectivity index (χ0) is 15.4. The largest absolute Gasteiger partial charge is 0.409 e. The van der Waals surface area contributed by atoms with Gasteiger partial charge in [-0.2, -0.15) is 0 Å². The molecule has 4 nitrogen and oxygen atoms in total. The third-order valence-corrected chi connectivity index (χ3v) is 3.81. The third kappa shape index (κ3) is 3.76. The minimum absolute atomic E-state index is 0.122. The van der Waals surface area contributed by atoms with Crippen molar-refractivity contribution in [3.8, 4) is 0 Å². The van der Waals surface area contributed by atoms with Gasteiger partial charge in [0, 0.05) is 29.3 Å². The minimum Gasteiger partial charge on any atom is -0.409 e. The van der Waals surface area contributed by atoms with Gasteiger partial charge in [-0.05, 0) is 36.8 Å². The van der Waals surface area contributed by atoms with Gasteiger partial charge >= 0.3 is 0 Å². The van der Waals surface area contributed by atoms with Crippen molar-refractivity contribution in [3.63, 3.8) is 0 Å². The maximum absolute atomic E-state index is 8.94. The van der Waals surface area contributed by atoms with Crippen LogP contribution >= 0.6 is 15.9 Å². The van der Waals surface area contributed by atoms with Gasteiger partial charge in [-0.15, -0.1) is 0 Å². The van der Waals surface area contributed by atoms with E-state index < -0.39 is 0 Å². The number of benzene rings is 2. The van der Waals surface area contributed by atoms with Gasteiger partial charge in [0.2, 0.25) is 0 Å². The van der Waals surface area contributed by atoms with E-state index in [1.807, 2.05) is 44.3 Å². The fourth-order valence-electron chi connectivity index (χ4n) is 2.19. The Bertz CT molecular complexity index is 653. The van der Waals surface area contributed by atoms with Crippen molar-refractivity contribution < 1.29 is 5.21 Å². The molecule has 3 N–H and O–H groups in total. The Labute approximate surface area is 133 Å². The number of nitrogens with zero attached hydrogens (tertiary/aromatic N) is 2. The third-order valence-electron chi connectivity index (χ3n) is 3.28. The molecule has 21 heavy (non-hydrogen) atoms. The Kier molecular flexibility index (Phi) is 4.85. The lowest BCUT2D eigenvalue weighted by atomic mass is 10.1. The van der Waals surface area contributed by atoms with Gasteiger partial charge in [0.25, 0.3) is 0 Å². The number of oxime groups is 1. The second kappa shape index (κ2) is 6.63. The molecule has 2 aromatic rings. The van der Waals surface area contributed by atoms with Gasteiger partial charge in [-0.3, -0.25) is 0 Å². The molecule has 0 fully saturated rings. The van der Waals surface area contributed by atoms with E-state index in [0.717, 1.165) is 27.8 Å². The van der Waals surface area contributed by atoms with E-state index in [-0.39, 0.29) is 5.84 Å². The summed E-state index contributed by atoms with van der Waals surface area (Å²) in [7, 11) is 1.99. The van der Waals surface area contributed by atoms with Gasteiger partial charge < -0.3 is 15.8 Å². The second-order valence-electron chi connectivity index (χ2n) is 4.99. The summed E-state index contributed by atoms with van der Waals surface area (Å²) in [5.41, 5.74) is 9.70. The number of amidine groups is 1. The van der Waals surface area contributed by atoms with E-state index in [1.54, 1.807) is 0 Å². The zero-order valence-electron chi connectivity index (χ0n) is 12.0. The SMILES string of the molecule is Cc1ccc(N(C)Cc2ccc(Br)cc2)c(/C(N)=N/O)c1. The molecule has 0 radical (unpaired) electrons. The first-order chi connectivity index (χ1) is 10.0. The number of halogens is 1. The molecule has 0 atom stereocenters. The summed E-state index contributed by atoms with van der Waals surface area (Å²) in [5.74, 6) is 0.122. The highest BCUT2D eigenvalue weighted by Crippen LogP contribution is 2.23. The quantitative estimate of drug-likeness (QED) is 0.385. The average Bonchev–Trinajstić information content (AvgIpc) is 2.48. The molecular formula is C16H18BrN3O. The van der Waals surface area contributed by atoms with Crippen molar-refractivity contribution in [2.45, 2.75) is 13.5 Å². The maximum atomic E-state index is 8.94. The standard InChI is InChI=1S/C16H18BrN3O/c1-11-3-8-15(14(9-11)16(18)19-21)20(2)10-12-4-6-13(17)7-5-12/h3-9,21H,10H2,1-2H3,(H2,18,19). The molecule has 0 aromatic heterocycles. The van der Waals surface area contributed by atoms with Crippen molar-refractivity contribution in [1.82, 2.24) is 0 Å². The number of aryl methyl sites for hydroxylation is 1. The Morgan fingerprint density at radius 2 is 1.90 bits per heavy atom. The lowest BCUT2D eigenvalue weighted by Crippen LogP contribution is -2.22. The van der Waals surface area contributed by atoms with Gasteiger partial charge in [0.1, 0.15) is 0 Å². The van der Waals surface area contributed by atoms with Gasteiger partial charge in [0.15, 0.2) is 5.84 Å². The molecule has 0 bridgehead atoms. The molecule has 0 heterocycles. The summed E-state index contributed by atoms with van der Waals surface area (Å²) in [6.07, 6.45) is 0. The van der Waals surface area contributed by atoms with E-state index in [0.29, 0.717) is 0 Å². The summed E-state index contributed by atoms with van der Waals surface area (Å²) in [5, 5.41) is 12.1. The van der Waals surface area contributed by atoms with Crippen molar-refractivity contribution in [2.24, 2.45) is 10.9 Å². The maximum Gasteiger partial charge on any atom is 0.172 e. The van der Waals surface area contributed by atoms with Crippen LogP contribution in [0.25, 0.3) is 0 Å². The van der Waals surface area contributed by atoms with Gasteiger partial charge in [0.05, 0.1) is 0 Å². The van der Waals surface area contributed by atoms with Crippen molar-refractivity contribution in [1.29, 1.82) is 0 Å². The Hall–Kier alpha value is -2.01. The van der Waals surface area contributed by atoms with Gasteiger partial charge in [-0.25, -0.2) is 0 Å². The summed E-state index contributed by atoms with van der Waals surface area (Å²) in [4.78, 5) is 2.08. The number of anilines is 1. The smallest absolute Gasteiger partial charge is 0.172 e. The van der Waals surface area contributed by atoms with Crippen LogP contribution in [0.4, 0.5) is 5.69 Å². The van der Waals surface area contributed by atoms with E-state index in [9.17, 15) is 0 Å². The van der Waals surface area contributed by atoms with E-state index in [2.05, 4.69) is 38.1 Å². The molecule has 0 aliphatic heterocycles. The fourth-order valence-corrected chi connectivity index (χ4v) is 2.45. The van der Waals surface area contributed by atoms with Gasteiger partial charge in [-0.1, -0.05) is 44.8 Å². The van der Waals surface area contributed by atoms with Crippen LogP contribution in [0.2, 0.25) is 0 Å². The number of hydrogen-bond acceptors (Lipinski definition) is 3. The van der Waals surface area contributed by atoms with Crippen LogP contribution in [-0.4, -0.2) is 18.1 Å². The molecule has 0 aliphatic carbocycles. The Morgan fingerprint density at radius 3 is 2.52 bits per heavy atom. The van der Waals surface area contributed by atoms with Crippen molar-refractivity contribution in [2.75, 3.05) is 11.9 Å². The number of hydrogen-bond donors (Lipinski definition) is 2. The van der Waals surface area contributed by atoms with E-state index >= 15 is 0 Å². The first kappa shape index (κ1) is 15.4. The predicted molar refractivity (Wildman–Crippen MR) is 89.9 cm³/mol. The molecule has 0 unspecified atom stereocenters. The molecule has 0 amide bonds. The average molecular weight is 348 g/mol. The molecular weight excluding hydrogens is 330 g/mol. The highest BCUT2D eigenvalue weighted by Gasteiger charge is 2.12. The van der Waals surface area contributed by atoms with Crippen molar-refractivity contribution >= 4 is 27.5 Å². The van der Waals surface area contributed by atoms with E-state index in [4.69, 9.17) is 10.9 Å². The molecule has 110 valence electrons. The first-order valence-corrected chi connectivity index (χ1v) is 7.34. The highest BCUT2D eigenvalue weighted by molar-refractivity contribution is 9.10. The molecule has 5 heteroatoms. The van der Waals surface area contributed by atoms with Crippen LogP contribution in [0, 0.1) is 6.92 Å². The lowest BCUT2D eigenvalue weighted by Gasteiger charge is -2.22. The highest BCUT2D eigenvalue weighted by atomic mass is 79.9. The first-order valence-electron chi connectivity index (χ1n) is 6.55. The summed E-state index contributed by atoms with van der Waals surface area (Å²) < 4.78 is 1.06. The summed E-state index contributed by atoms with van der Waals surface area (Å²) in [6, 6.07) is 14.1. The van der Waals surface area contributed by atoms with Crippen LogP contribution in [0.15, 0.2) is 52.1 Å². The molecule has 2 aromatic carbocycles. The Morgan fingerprint density at radius 1 is 1.24 bits per heavy atom. The van der Waals surface area contributed by atoms with Crippen LogP contribution in [0.3, 0.4) is 0 Å². The number of nitrogens with two attached hydrogens (primary N) is 1. The molecule has 0 saturated carbocycles. The Balaban J connectivity index is 2.30. The fraction of sp³-hybridized carbons (Fsp3) is 0.188.